The number of piperidine rings is 1. The first-order valence-electron chi connectivity index (χ1n) is 9.75. The van der Waals surface area contributed by atoms with Crippen LogP contribution in [-0.4, -0.2) is 48.1 Å². The Kier molecular flexibility index (Phi) is 5.27. The number of hydrogen-bond donors (Lipinski definition) is 0. The summed E-state index contributed by atoms with van der Waals surface area (Å²) in [4.78, 5) is 27.4. The lowest BCUT2D eigenvalue weighted by molar-refractivity contribution is -0.292. The van der Waals surface area contributed by atoms with E-state index in [4.69, 9.17) is 4.74 Å². The van der Waals surface area contributed by atoms with Crippen molar-refractivity contribution in [1.29, 1.82) is 0 Å². The lowest BCUT2D eigenvalue weighted by Crippen LogP contribution is -2.65. The van der Waals surface area contributed by atoms with Crippen LogP contribution in [0.25, 0.3) is 0 Å². The normalized spacial score (nSPS) is 20.4. The molecule has 2 fully saturated rings. The van der Waals surface area contributed by atoms with Gasteiger partial charge >= 0.3 is 12.0 Å². The van der Waals surface area contributed by atoms with Gasteiger partial charge in [0.25, 0.3) is 0 Å². The molecular formula is C22H21F3N2O3. The maximum absolute atomic E-state index is 14.4. The van der Waals surface area contributed by atoms with Crippen LogP contribution in [0.2, 0.25) is 0 Å². The number of amides is 2. The minimum Gasteiger partial charge on any atom is -0.342 e. The largest absolute Gasteiger partial charge is 0.437 e. The van der Waals surface area contributed by atoms with Crippen molar-refractivity contribution >= 4 is 17.5 Å². The zero-order chi connectivity index (χ0) is 21.4. The van der Waals surface area contributed by atoms with Gasteiger partial charge in [-0.2, -0.15) is 8.78 Å². The predicted octanol–water partition coefficient (Wildman–Crippen LogP) is 3.39. The number of likely N-dealkylation sites (tertiary alicyclic amines) is 1. The molecule has 0 atom stereocenters. The number of anilines is 1. The van der Waals surface area contributed by atoms with Crippen molar-refractivity contribution < 1.29 is 27.5 Å². The summed E-state index contributed by atoms with van der Waals surface area (Å²) >= 11 is 0. The first-order valence-corrected chi connectivity index (χ1v) is 9.75. The molecule has 4 rings (SSSR count). The molecule has 0 N–H and O–H groups in total. The van der Waals surface area contributed by atoms with Gasteiger partial charge < -0.3 is 14.5 Å². The first-order chi connectivity index (χ1) is 14.3. The Hall–Kier alpha value is -2.87. The summed E-state index contributed by atoms with van der Waals surface area (Å²) < 4.78 is 47.2. The average Bonchev–Trinajstić information content (AvgIpc) is 2.72. The number of alkyl halides is 2. The van der Waals surface area contributed by atoms with Crippen LogP contribution in [0.1, 0.15) is 18.4 Å². The molecule has 2 heterocycles. The molecule has 2 saturated heterocycles. The maximum atomic E-state index is 14.4. The summed E-state index contributed by atoms with van der Waals surface area (Å²) in [5.74, 6) is -2.00. The standard InChI is InChI=1S/C22H21F3N2O3/c23-17-6-4-5-16(13-17)14-19(28)26-11-9-21(10-12-26)15-27(18-7-2-1-3-8-18)20(29)22(24,25)30-21/h1-8,13H,9-12,14-15H2. The fourth-order valence-electron chi connectivity index (χ4n) is 4.04. The maximum Gasteiger partial charge on any atom is 0.437 e. The van der Waals surface area contributed by atoms with Gasteiger partial charge in [-0.05, 0) is 42.7 Å². The third kappa shape index (κ3) is 4.05. The second-order valence-corrected chi connectivity index (χ2v) is 7.72. The Labute approximate surface area is 172 Å². The number of carbonyl (C=O) groups is 2. The van der Waals surface area contributed by atoms with Crippen LogP contribution in [0.15, 0.2) is 54.6 Å². The highest BCUT2D eigenvalue weighted by atomic mass is 19.3. The van der Waals surface area contributed by atoms with Crippen molar-refractivity contribution in [2.75, 3.05) is 24.5 Å². The van der Waals surface area contributed by atoms with Crippen molar-refractivity contribution in [2.45, 2.75) is 31.0 Å². The van der Waals surface area contributed by atoms with Gasteiger partial charge in [0.1, 0.15) is 5.82 Å². The highest BCUT2D eigenvalue weighted by Gasteiger charge is 2.57. The molecule has 1 spiro atoms. The second-order valence-electron chi connectivity index (χ2n) is 7.72. The predicted molar refractivity (Wildman–Crippen MR) is 103 cm³/mol. The molecule has 0 bridgehead atoms. The molecule has 0 aliphatic carbocycles. The van der Waals surface area contributed by atoms with Gasteiger partial charge in [-0.3, -0.25) is 9.59 Å². The lowest BCUT2D eigenvalue weighted by Gasteiger charge is -2.48. The van der Waals surface area contributed by atoms with E-state index in [1.54, 1.807) is 41.3 Å². The molecule has 5 nitrogen and oxygen atoms in total. The number of ether oxygens (including phenoxy) is 1. The van der Waals surface area contributed by atoms with Crippen LogP contribution in [0.3, 0.4) is 0 Å². The molecule has 0 saturated carbocycles. The third-order valence-electron chi connectivity index (χ3n) is 5.62. The molecule has 2 amide bonds. The van der Waals surface area contributed by atoms with E-state index in [0.717, 1.165) is 4.90 Å². The van der Waals surface area contributed by atoms with Gasteiger partial charge in [0.2, 0.25) is 5.91 Å². The summed E-state index contributed by atoms with van der Waals surface area (Å²) in [6.07, 6.45) is -3.54. The zero-order valence-electron chi connectivity index (χ0n) is 16.2. The number of morpholine rings is 1. The van der Waals surface area contributed by atoms with E-state index >= 15 is 0 Å². The number of nitrogens with zero attached hydrogens (tertiary/aromatic N) is 2. The number of halogens is 3. The summed E-state index contributed by atoms with van der Waals surface area (Å²) in [6.45, 7) is 0.444. The van der Waals surface area contributed by atoms with Crippen LogP contribution >= 0.6 is 0 Å². The SMILES string of the molecule is O=C(Cc1cccc(F)c1)N1CCC2(CC1)CN(c1ccccc1)C(=O)C(F)(F)O2. The van der Waals surface area contributed by atoms with Crippen molar-refractivity contribution in [3.63, 3.8) is 0 Å². The second kappa shape index (κ2) is 7.75. The molecule has 0 unspecified atom stereocenters. The molecule has 2 aliphatic heterocycles. The number of hydrogen-bond acceptors (Lipinski definition) is 3. The molecule has 0 aromatic heterocycles. The van der Waals surface area contributed by atoms with Crippen LogP contribution < -0.4 is 4.90 Å². The first kappa shape index (κ1) is 20.4. The van der Waals surface area contributed by atoms with Crippen LogP contribution in [0.4, 0.5) is 18.9 Å². The van der Waals surface area contributed by atoms with Crippen molar-refractivity contribution in [1.82, 2.24) is 4.90 Å². The monoisotopic (exact) mass is 418 g/mol. The van der Waals surface area contributed by atoms with E-state index in [2.05, 4.69) is 0 Å². The summed E-state index contributed by atoms with van der Waals surface area (Å²) in [7, 11) is 0. The van der Waals surface area contributed by atoms with Crippen molar-refractivity contribution in [2.24, 2.45) is 0 Å². The Morgan fingerprint density at radius 1 is 1.03 bits per heavy atom. The van der Waals surface area contributed by atoms with Crippen LogP contribution in [0.5, 0.6) is 0 Å². The number of para-hydroxylation sites is 1. The van der Waals surface area contributed by atoms with Gasteiger partial charge in [-0.15, -0.1) is 0 Å². The molecule has 2 aromatic carbocycles. The van der Waals surface area contributed by atoms with Crippen molar-refractivity contribution in [3.05, 3.63) is 66.0 Å². The molecule has 0 radical (unpaired) electrons. The van der Waals surface area contributed by atoms with Gasteiger partial charge in [0.05, 0.1) is 18.6 Å². The quantitative estimate of drug-likeness (QED) is 0.768. The summed E-state index contributed by atoms with van der Waals surface area (Å²) in [5, 5.41) is 0. The lowest BCUT2D eigenvalue weighted by atomic mass is 9.88. The molecular weight excluding hydrogens is 397 g/mol. The van der Waals surface area contributed by atoms with E-state index in [9.17, 15) is 22.8 Å². The Balaban J connectivity index is 1.46. The molecule has 8 heteroatoms. The third-order valence-corrected chi connectivity index (χ3v) is 5.62. The van der Waals surface area contributed by atoms with E-state index in [1.807, 2.05) is 0 Å². The average molecular weight is 418 g/mol. The molecule has 2 aromatic rings. The molecule has 30 heavy (non-hydrogen) atoms. The van der Waals surface area contributed by atoms with Gasteiger partial charge in [0, 0.05) is 18.8 Å². The molecule has 158 valence electrons. The number of benzene rings is 2. The minimum absolute atomic E-state index is 0.00262. The summed E-state index contributed by atoms with van der Waals surface area (Å²) in [5.41, 5.74) is -0.292. The fourth-order valence-corrected chi connectivity index (χ4v) is 4.04. The Morgan fingerprint density at radius 3 is 2.40 bits per heavy atom. The fraction of sp³-hybridized carbons (Fsp3) is 0.364. The Bertz CT molecular complexity index is 944. The number of rotatable bonds is 3. The van der Waals surface area contributed by atoms with Crippen LogP contribution in [-0.2, 0) is 20.7 Å². The van der Waals surface area contributed by atoms with E-state index < -0.39 is 23.4 Å². The highest BCUT2D eigenvalue weighted by Crippen LogP contribution is 2.40. The van der Waals surface area contributed by atoms with Gasteiger partial charge in [-0.1, -0.05) is 30.3 Å². The van der Waals surface area contributed by atoms with Gasteiger partial charge in [0.15, 0.2) is 0 Å². The van der Waals surface area contributed by atoms with Crippen LogP contribution in [0, 0.1) is 5.82 Å². The van der Waals surface area contributed by atoms with E-state index in [1.165, 1.54) is 18.2 Å². The number of carbonyl (C=O) groups excluding carboxylic acids is 2. The van der Waals surface area contributed by atoms with Gasteiger partial charge in [-0.25, -0.2) is 4.39 Å². The smallest absolute Gasteiger partial charge is 0.342 e. The zero-order valence-corrected chi connectivity index (χ0v) is 16.2. The highest BCUT2D eigenvalue weighted by molar-refractivity contribution is 5.98. The topological polar surface area (TPSA) is 49.9 Å². The van der Waals surface area contributed by atoms with Crippen molar-refractivity contribution in [3.8, 4) is 0 Å². The summed E-state index contributed by atoms with van der Waals surface area (Å²) in [6, 6.07) is 14.1. The Morgan fingerprint density at radius 2 is 1.73 bits per heavy atom. The molecule has 2 aliphatic rings. The minimum atomic E-state index is -3.93. The van der Waals surface area contributed by atoms with E-state index in [-0.39, 0.29) is 44.8 Å². The van der Waals surface area contributed by atoms with E-state index in [0.29, 0.717) is 11.3 Å².